The quantitative estimate of drug-likeness (QED) is 0.781. The Morgan fingerprint density at radius 2 is 2.10 bits per heavy atom. The number of benzene rings is 1. The topological polar surface area (TPSA) is 48.0 Å². The average Bonchev–Trinajstić information content (AvgIpc) is 2.78. The number of hydrogen-bond donors (Lipinski definition) is 0. The van der Waals surface area contributed by atoms with Crippen LogP contribution in [-0.4, -0.2) is 35.6 Å². The van der Waals surface area contributed by atoms with Crippen molar-refractivity contribution in [1.29, 1.82) is 0 Å². The van der Waals surface area contributed by atoms with Crippen molar-refractivity contribution in [2.45, 2.75) is 52.2 Å². The smallest absolute Gasteiger partial charge is 0.322 e. The lowest BCUT2D eigenvalue weighted by molar-refractivity contribution is -0.217. The lowest BCUT2D eigenvalue weighted by atomic mass is 10.1. The van der Waals surface area contributed by atoms with Gasteiger partial charge in [-0.15, -0.1) is 5.06 Å². The van der Waals surface area contributed by atoms with Crippen LogP contribution in [-0.2, 0) is 25.7 Å². The van der Waals surface area contributed by atoms with Crippen LogP contribution in [0.3, 0.4) is 0 Å². The summed E-state index contributed by atoms with van der Waals surface area (Å²) in [5.41, 5.74) is 1.07. The fourth-order valence-corrected chi connectivity index (χ4v) is 2.33. The van der Waals surface area contributed by atoms with Gasteiger partial charge in [-0.1, -0.05) is 30.3 Å². The molecule has 0 amide bonds. The molecular formula is C16H23NO4. The van der Waals surface area contributed by atoms with E-state index in [0.29, 0.717) is 13.2 Å². The van der Waals surface area contributed by atoms with Gasteiger partial charge in [-0.3, -0.25) is 4.79 Å². The van der Waals surface area contributed by atoms with Crippen molar-refractivity contribution in [3.63, 3.8) is 0 Å². The summed E-state index contributed by atoms with van der Waals surface area (Å²) in [4.78, 5) is 16.7. The lowest BCUT2D eigenvalue weighted by Crippen LogP contribution is -2.43. The van der Waals surface area contributed by atoms with Crippen LogP contribution >= 0.6 is 0 Å². The van der Waals surface area contributed by atoms with E-state index in [4.69, 9.17) is 14.3 Å². The van der Waals surface area contributed by atoms with Gasteiger partial charge in [0.05, 0.1) is 19.2 Å². The van der Waals surface area contributed by atoms with E-state index in [1.165, 1.54) is 6.92 Å². The first-order chi connectivity index (χ1) is 9.87. The van der Waals surface area contributed by atoms with Gasteiger partial charge in [0, 0.05) is 6.92 Å². The third-order valence-corrected chi connectivity index (χ3v) is 3.45. The second kappa shape index (κ2) is 6.56. The van der Waals surface area contributed by atoms with E-state index >= 15 is 0 Å². The molecule has 21 heavy (non-hydrogen) atoms. The first-order valence-electron chi connectivity index (χ1n) is 7.18. The van der Waals surface area contributed by atoms with Gasteiger partial charge in [0.25, 0.3) is 0 Å². The molecule has 5 heteroatoms. The predicted molar refractivity (Wildman–Crippen MR) is 78.1 cm³/mol. The van der Waals surface area contributed by atoms with E-state index in [1.54, 1.807) is 5.06 Å². The van der Waals surface area contributed by atoms with Gasteiger partial charge in [-0.2, -0.15) is 0 Å². The minimum atomic E-state index is -0.590. The molecule has 1 heterocycles. The largest absolute Gasteiger partial charge is 0.368 e. The van der Waals surface area contributed by atoms with Crippen molar-refractivity contribution in [2.24, 2.45) is 0 Å². The summed E-state index contributed by atoms with van der Waals surface area (Å²) in [6.07, 6.45) is -0.136. The first kappa shape index (κ1) is 15.9. The van der Waals surface area contributed by atoms with Gasteiger partial charge in [0.2, 0.25) is 0 Å². The molecule has 0 unspecified atom stereocenters. The monoisotopic (exact) mass is 293 g/mol. The number of rotatable bonds is 5. The van der Waals surface area contributed by atoms with E-state index in [9.17, 15) is 4.79 Å². The highest BCUT2D eigenvalue weighted by Crippen LogP contribution is 2.26. The molecule has 0 aromatic heterocycles. The fraction of sp³-hybridized carbons (Fsp3) is 0.562. The van der Waals surface area contributed by atoms with Crippen LogP contribution in [0, 0.1) is 0 Å². The van der Waals surface area contributed by atoms with E-state index < -0.39 is 5.79 Å². The molecule has 1 saturated heterocycles. The third-order valence-electron chi connectivity index (χ3n) is 3.45. The number of nitrogens with zero attached hydrogens (tertiary/aromatic N) is 1. The third kappa shape index (κ3) is 4.52. The maximum absolute atomic E-state index is 11.4. The van der Waals surface area contributed by atoms with Crippen LogP contribution in [0.1, 0.15) is 33.3 Å². The fourth-order valence-electron chi connectivity index (χ4n) is 2.33. The van der Waals surface area contributed by atoms with Crippen molar-refractivity contribution in [3.05, 3.63) is 35.9 Å². The Morgan fingerprint density at radius 3 is 2.62 bits per heavy atom. The lowest BCUT2D eigenvalue weighted by Gasteiger charge is -2.30. The van der Waals surface area contributed by atoms with E-state index in [2.05, 4.69) is 0 Å². The summed E-state index contributed by atoms with van der Waals surface area (Å²) < 4.78 is 11.4. The van der Waals surface area contributed by atoms with Gasteiger partial charge in [0.15, 0.2) is 5.79 Å². The molecule has 2 rings (SSSR count). The van der Waals surface area contributed by atoms with Gasteiger partial charge in [0.1, 0.15) is 6.10 Å². The Balaban J connectivity index is 2.06. The van der Waals surface area contributed by atoms with Gasteiger partial charge in [-0.25, -0.2) is 0 Å². The number of carbonyl (C=O) groups is 1. The zero-order chi connectivity index (χ0) is 15.5. The van der Waals surface area contributed by atoms with Crippen molar-refractivity contribution < 1.29 is 19.1 Å². The standard InChI is InChI=1S/C16H23NO4/c1-12(15-11-19-16(3,4)20-15)17(21-13(2)18)10-14-8-6-5-7-9-14/h5-9,12,15H,10-11H2,1-4H3/t12-,15-/m1/s1. The highest BCUT2D eigenvalue weighted by molar-refractivity contribution is 5.65. The molecule has 5 nitrogen and oxygen atoms in total. The molecule has 1 aliphatic heterocycles. The molecule has 116 valence electrons. The van der Waals surface area contributed by atoms with Gasteiger partial charge in [-0.05, 0) is 26.3 Å². The molecule has 0 spiro atoms. The molecule has 1 aromatic carbocycles. The number of hydrogen-bond acceptors (Lipinski definition) is 5. The van der Waals surface area contributed by atoms with E-state index in [1.807, 2.05) is 51.1 Å². The molecule has 0 saturated carbocycles. The Hall–Kier alpha value is -1.43. The molecule has 1 aliphatic rings. The summed E-state index contributed by atoms with van der Waals surface area (Å²) in [6, 6.07) is 9.78. The SMILES string of the molecule is CC(=O)ON(Cc1ccccc1)[C@H](C)[C@H]1COC(C)(C)O1. The highest BCUT2D eigenvalue weighted by Gasteiger charge is 2.38. The zero-order valence-electron chi connectivity index (χ0n) is 13.0. The van der Waals surface area contributed by atoms with Crippen molar-refractivity contribution in [2.75, 3.05) is 6.61 Å². The molecule has 1 fully saturated rings. The van der Waals surface area contributed by atoms with Crippen LogP contribution in [0.4, 0.5) is 0 Å². The Morgan fingerprint density at radius 1 is 1.43 bits per heavy atom. The highest BCUT2D eigenvalue weighted by atomic mass is 16.8. The van der Waals surface area contributed by atoms with Crippen molar-refractivity contribution in [3.8, 4) is 0 Å². The molecule has 0 N–H and O–H groups in total. The van der Waals surface area contributed by atoms with Crippen LogP contribution in [0.5, 0.6) is 0 Å². The average molecular weight is 293 g/mol. The molecule has 0 aliphatic carbocycles. The second-order valence-corrected chi connectivity index (χ2v) is 5.75. The Kier molecular flexibility index (Phi) is 4.98. The Labute approximate surface area is 125 Å². The van der Waals surface area contributed by atoms with Crippen LogP contribution in [0.15, 0.2) is 30.3 Å². The zero-order valence-corrected chi connectivity index (χ0v) is 13.0. The summed E-state index contributed by atoms with van der Waals surface area (Å²) in [6.45, 7) is 8.14. The molecule has 0 bridgehead atoms. The van der Waals surface area contributed by atoms with Crippen LogP contribution < -0.4 is 0 Å². The summed E-state index contributed by atoms with van der Waals surface area (Å²) >= 11 is 0. The van der Waals surface area contributed by atoms with Crippen molar-refractivity contribution in [1.82, 2.24) is 5.06 Å². The number of carbonyl (C=O) groups excluding carboxylic acids is 1. The van der Waals surface area contributed by atoms with E-state index in [-0.39, 0.29) is 18.1 Å². The maximum Gasteiger partial charge on any atom is 0.322 e. The molecule has 0 radical (unpaired) electrons. The number of hydroxylamine groups is 2. The summed E-state index contributed by atoms with van der Waals surface area (Å²) in [7, 11) is 0. The minimum Gasteiger partial charge on any atom is -0.368 e. The second-order valence-electron chi connectivity index (χ2n) is 5.75. The molecular weight excluding hydrogens is 270 g/mol. The molecule has 2 atom stereocenters. The predicted octanol–water partition coefficient (Wildman–Crippen LogP) is 2.51. The van der Waals surface area contributed by atoms with Crippen molar-refractivity contribution >= 4 is 5.97 Å². The minimum absolute atomic E-state index is 0.101. The van der Waals surface area contributed by atoms with E-state index in [0.717, 1.165) is 5.56 Å². The van der Waals surface area contributed by atoms with Gasteiger partial charge < -0.3 is 14.3 Å². The number of ether oxygens (including phenoxy) is 2. The normalized spacial score (nSPS) is 22.2. The van der Waals surface area contributed by atoms with Crippen LogP contribution in [0.25, 0.3) is 0 Å². The first-order valence-corrected chi connectivity index (χ1v) is 7.18. The Bertz CT molecular complexity index is 474. The van der Waals surface area contributed by atoms with Gasteiger partial charge >= 0.3 is 5.97 Å². The summed E-state index contributed by atoms with van der Waals surface area (Å²) in [5.74, 6) is -0.927. The summed E-state index contributed by atoms with van der Waals surface area (Å²) in [5, 5.41) is 1.66. The maximum atomic E-state index is 11.4. The van der Waals surface area contributed by atoms with Crippen LogP contribution in [0.2, 0.25) is 0 Å². The molecule has 1 aromatic rings.